The van der Waals surface area contributed by atoms with Crippen LogP contribution < -0.4 is 9.62 Å². The van der Waals surface area contributed by atoms with Gasteiger partial charge in [0.2, 0.25) is 0 Å². The Kier molecular flexibility index (Phi) is 6.94. The normalized spacial score (nSPS) is 12.2. The van der Waals surface area contributed by atoms with E-state index < -0.39 is 13.2 Å². The van der Waals surface area contributed by atoms with Crippen molar-refractivity contribution in [2.45, 2.75) is 20.0 Å². The summed E-state index contributed by atoms with van der Waals surface area (Å²) in [6.07, 6.45) is -0.0736. The number of nitrogens with one attached hydrogen (secondary N) is 1. The highest BCUT2D eigenvalue weighted by Crippen LogP contribution is 2.37. The molecule has 0 fully saturated rings. The van der Waals surface area contributed by atoms with Gasteiger partial charge in [-0.2, -0.15) is 0 Å². The maximum absolute atomic E-state index is 11.9. The van der Waals surface area contributed by atoms with Gasteiger partial charge in [-0.25, -0.2) is 4.79 Å². The second kappa shape index (κ2) is 8.22. The van der Waals surface area contributed by atoms with E-state index in [1.165, 1.54) is 7.11 Å². The molecule has 0 radical (unpaired) electrons. The van der Waals surface area contributed by atoms with Crippen LogP contribution in [0.1, 0.15) is 24.2 Å². The van der Waals surface area contributed by atoms with Crippen molar-refractivity contribution in [3.8, 4) is 5.75 Å². The molecule has 1 aromatic rings. The summed E-state index contributed by atoms with van der Waals surface area (Å²) in [7, 11) is -1.25. The third kappa shape index (κ3) is 5.65. The molecule has 0 heterocycles. The molecule has 0 saturated carbocycles. The quantitative estimate of drug-likeness (QED) is 0.471. The lowest BCUT2D eigenvalue weighted by molar-refractivity contribution is 0.0747. The molecule has 1 N–H and O–H groups in total. The zero-order chi connectivity index (χ0) is 14.3. The fourth-order valence-electron chi connectivity index (χ4n) is 1.22. The Balaban J connectivity index is 2.73. The van der Waals surface area contributed by atoms with Gasteiger partial charge in [0.1, 0.15) is 11.3 Å². The Morgan fingerprint density at radius 3 is 2.68 bits per heavy atom. The second-order valence-electron chi connectivity index (χ2n) is 3.69. The first-order valence-electron chi connectivity index (χ1n) is 5.51. The summed E-state index contributed by atoms with van der Waals surface area (Å²) < 4.78 is 21.7. The van der Waals surface area contributed by atoms with Crippen LogP contribution >= 0.6 is 18.8 Å². The summed E-state index contributed by atoms with van der Waals surface area (Å²) >= 11 is 0.709. The fraction of sp³-hybridized carbons (Fsp3) is 0.364. The average Bonchev–Trinajstić information content (AvgIpc) is 2.36. The smallest absolute Gasteiger partial charge is 0.347 e. The minimum absolute atomic E-state index is 0.0736. The topological polar surface area (TPSA) is 73.9 Å². The summed E-state index contributed by atoms with van der Waals surface area (Å²) in [5.41, 5.74) is 0.243. The van der Waals surface area contributed by atoms with Crippen LogP contribution in [0.3, 0.4) is 0 Å². The molecule has 0 bridgehead atoms. The molecule has 106 valence electrons. The Morgan fingerprint density at radius 1 is 1.37 bits per heavy atom. The van der Waals surface area contributed by atoms with Gasteiger partial charge >= 0.3 is 13.2 Å². The monoisotopic (exact) mass is 305 g/mol. The SMILES string of the molecule is CONS[PH](=O)OC(=O)c1ccccc1OC(C)C. The average molecular weight is 305 g/mol. The summed E-state index contributed by atoms with van der Waals surface area (Å²) in [4.78, 5) is 18.7. The van der Waals surface area contributed by atoms with E-state index in [-0.39, 0.29) is 11.7 Å². The van der Waals surface area contributed by atoms with Gasteiger partial charge in [-0.1, -0.05) is 12.1 Å². The highest BCUT2D eigenvalue weighted by Gasteiger charge is 2.17. The number of rotatable bonds is 7. The van der Waals surface area contributed by atoms with Gasteiger partial charge in [-0.15, -0.1) is 4.89 Å². The van der Waals surface area contributed by atoms with Crippen LogP contribution in [0.25, 0.3) is 0 Å². The number of hydrogen-bond acceptors (Lipinski definition) is 7. The molecule has 6 nitrogen and oxygen atoms in total. The number of ether oxygens (including phenoxy) is 1. The number of carbonyl (C=O) groups excluding carboxylic acids is 1. The molecule has 0 spiro atoms. The standard InChI is InChI=1S/C11H16NO5PS/c1-8(2)16-10-7-5-4-6-9(10)11(13)17-18(14)19-12-15-3/h4-8,12,18H,1-3H3. The van der Waals surface area contributed by atoms with Crippen molar-refractivity contribution in [1.29, 1.82) is 0 Å². The Morgan fingerprint density at radius 2 is 2.05 bits per heavy atom. The summed E-state index contributed by atoms with van der Waals surface area (Å²) in [6.45, 7) is 3.70. The van der Waals surface area contributed by atoms with Gasteiger partial charge < -0.3 is 9.26 Å². The van der Waals surface area contributed by atoms with E-state index >= 15 is 0 Å². The molecule has 8 heteroatoms. The molecule has 0 aliphatic heterocycles. The Hall–Kier alpha value is -1.01. The molecule has 1 rings (SSSR count). The molecule has 0 aliphatic carbocycles. The maximum Gasteiger partial charge on any atom is 0.347 e. The Labute approximate surface area is 116 Å². The minimum atomic E-state index is -2.62. The number of carbonyl (C=O) groups is 1. The molecule has 1 unspecified atom stereocenters. The summed E-state index contributed by atoms with van der Waals surface area (Å²) in [5, 5.41) is 0. The molecule has 0 amide bonds. The molecule has 1 atom stereocenters. The number of benzene rings is 1. The first-order chi connectivity index (χ1) is 9.04. The van der Waals surface area contributed by atoms with E-state index in [0.29, 0.717) is 17.3 Å². The van der Waals surface area contributed by atoms with Crippen molar-refractivity contribution in [1.82, 2.24) is 4.89 Å². The van der Waals surface area contributed by atoms with E-state index in [4.69, 9.17) is 9.26 Å². The highest BCUT2D eigenvalue weighted by atomic mass is 32.7. The molecule has 0 aliphatic rings. The second-order valence-corrected chi connectivity index (χ2v) is 6.38. The lowest BCUT2D eigenvalue weighted by Gasteiger charge is -2.13. The molecule has 0 saturated heterocycles. The molecule has 19 heavy (non-hydrogen) atoms. The van der Waals surface area contributed by atoms with E-state index in [0.717, 1.165) is 0 Å². The van der Waals surface area contributed by atoms with Crippen LogP contribution in [-0.2, 0) is 13.9 Å². The van der Waals surface area contributed by atoms with E-state index in [1.54, 1.807) is 24.3 Å². The van der Waals surface area contributed by atoms with Crippen LogP contribution in [0.4, 0.5) is 0 Å². The molecule has 0 aromatic heterocycles. The number of hydrogen-bond donors (Lipinski definition) is 1. The highest BCUT2D eigenvalue weighted by molar-refractivity contribution is 8.49. The zero-order valence-corrected chi connectivity index (χ0v) is 12.7. The van der Waals surface area contributed by atoms with Crippen molar-refractivity contribution in [3.63, 3.8) is 0 Å². The first-order valence-corrected chi connectivity index (χ1v) is 8.37. The number of para-hydroxylation sites is 1. The molecule has 1 aromatic carbocycles. The zero-order valence-electron chi connectivity index (χ0n) is 10.8. The third-order valence-corrected chi connectivity index (χ3v) is 3.62. The van der Waals surface area contributed by atoms with Crippen molar-refractivity contribution in [3.05, 3.63) is 29.8 Å². The molecular formula is C11H16NO5PS. The van der Waals surface area contributed by atoms with Crippen LogP contribution in [0, 0.1) is 0 Å². The van der Waals surface area contributed by atoms with Gasteiger partial charge in [0.05, 0.1) is 13.2 Å². The van der Waals surface area contributed by atoms with Crippen molar-refractivity contribution in [2.24, 2.45) is 0 Å². The van der Waals surface area contributed by atoms with Gasteiger partial charge in [0.15, 0.2) is 0 Å². The minimum Gasteiger partial charge on any atom is -0.490 e. The lowest BCUT2D eigenvalue weighted by Crippen LogP contribution is -2.10. The first kappa shape index (κ1) is 16.0. The van der Waals surface area contributed by atoms with Gasteiger partial charge in [-0.05, 0) is 26.0 Å². The van der Waals surface area contributed by atoms with Gasteiger partial charge in [-0.3, -0.25) is 9.40 Å². The fourth-order valence-corrected chi connectivity index (χ4v) is 2.48. The predicted molar refractivity (Wildman–Crippen MR) is 74.4 cm³/mol. The van der Waals surface area contributed by atoms with E-state index in [9.17, 15) is 9.36 Å². The largest absolute Gasteiger partial charge is 0.490 e. The van der Waals surface area contributed by atoms with Crippen molar-refractivity contribution in [2.75, 3.05) is 7.11 Å². The van der Waals surface area contributed by atoms with Crippen LogP contribution in [-0.4, -0.2) is 19.2 Å². The maximum atomic E-state index is 11.9. The van der Waals surface area contributed by atoms with Crippen LogP contribution in [0.2, 0.25) is 0 Å². The van der Waals surface area contributed by atoms with Crippen LogP contribution in [0.5, 0.6) is 5.75 Å². The van der Waals surface area contributed by atoms with Crippen LogP contribution in [0.15, 0.2) is 24.3 Å². The molecular weight excluding hydrogens is 289 g/mol. The lowest BCUT2D eigenvalue weighted by atomic mass is 10.2. The third-order valence-electron chi connectivity index (χ3n) is 1.85. The Bertz CT molecular complexity index is 454. The summed E-state index contributed by atoms with van der Waals surface area (Å²) in [6, 6.07) is 6.65. The van der Waals surface area contributed by atoms with Gasteiger partial charge in [0.25, 0.3) is 0 Å². The van der Waals surface area contributed by atoms with Crippen molar-refractivity contribution >= 4 is 24.8 Å². The van der Waals surface area contributed by atoms with E-state index in [2.05, 4.69) is 9.72 Å². The summed E-state index contributed by atoms with van der Waals surface area (Å²) in [5.74, 6) is -0.285. The van der Waals surface area contributed by atoms with Crippen molar-refractivity contribution < 1.29 is 23.5 Å². The van der Waals surface area contributed by atoms with Gasteiger partial charge in [0, 0.05) is 11.6 Å². The predicted octanol–water partition coefficient (Wildman–Crippen LogP) is 2.82. The van der Waals surface area contributed by atoms with E-state index in [1.807, 2.05) is 13.8 Å².